The Hall–Kier alpha value is -4.39. The maximum Gasteiger partial charge on any atom is 0.275 e. The van der Waals surface area contributed by atoms with Gasteiger partial charge in [-0.15, -0.1) is 0 Å². The molecule has 1 aromatic carbocycles. The summed E-state index contributed by atoms with van der Waals surface area (Å²) in [5.41, 5.74) is -0.588. The Kier molecular flexibility index (Phi) is 7.01. The predicted molar refractivity (Wildman–Crippen MR) is 130 cm³/mol. The number of carbonyl (C=O) groups is 2. The molecule has 0 radical (unpaired) electrons. The molecule has 10 nitrogen and oxygen atoms in total. The number of nitrogens with one attached hydrogen (secondary N) is 1. The van der Waals surface area contributed by atoms with E-state index >= 15 is 0 Å². The lowest BCUT2D eigenvalue weighted by Gasteiger charge is -2.12. The zero-order valence-corrected chi connectivity index (χ0v) is 20.2. The van der Waals surface area contributed by atoms with Gasteiger partial charge in [0.15, 0.2) is 5.82 Å². The van der Waals surface area contributed by atoms with E-state index in [0.717, 1.165) is 36.5 Å². The minimum Gasteiger partial charge on any atom is -0.318 e. The van der Waals surface area contributed by atoms with Crippen LogP contribution in [0.3, 0.4) is 0 Å². The monoisotopic (exact) mass is 542 g/mol. The third-order valence-electron chi connectivity index (χ3n) is 5.73. The summed E-state index contributed by atoms with van der Waals surface area (Å²) in [5, 5.41) is 6.41. The van der Waals surface area contributed by atoms with E-state index in [1.54, 1.807) is 18.6 Å². The molecule has 1 aliphatic heterocycles. The number of carbonyl (C=O) groups excluding carboxylic acids is 2. The van der Waals surface area contributed by atoms with Gasteiger partial charge in [0.25, 0.3) is 12.3 Å². The summed E-state index contributed by atoms with van der Waals surface area (Å²) >= 11 is 5.77. The largest absolute Gasteiger partial charge is 0.318 e. The second-order valence-corrected chi connectivity index (χ2v) is 8.74. The van der Waals surface area contributed by atoms with Crippen molar-refractivity contribution in [3.05, 3.63) is 77.0 Å². The van der Waals surface area contributed by atoms with E-state index in [-0.39, 0.29) is 22.3 Å². The zero-order valence-electron chi connectivity index (χ0n) is 19.5. The molecule has 1 aliphatic rings. The highest BCUT2D eigenvalue weighted by molar-refractivity contribution is 6.31. The van der Waals surface area contributed by atoms with Crippen molar-refractivity contribution in [2.45, 2.75) is 25.8 Å². The second kappa shape index (κ2) is 10.5. The minimum atomic E-state index is -2.99. The van der Waals surface area contributed by atoms with Crippen LogP contribution < -0.4 is 10.2 Å². The molecule has 1 saturated heterocycles. The van der Waals surface area contributed by atoms with Gasteiger partial charge < -0.3 is 5.32 Å². The summed E-state index contributed by atoms with van der Waals surface area (Å²) in [6, 6.07) is 2.03. The normalized spacial score (nSPS) is 13.4. The van der Waals surface area contributed by atoms with E-state index in [4.69, 9.17) is 11.6 Å². The van der Waals surface area contributed by atoms with E-state index in [2.05, 4.69) is 30.4 Å². The Balaban J connectivity index is 1.28. The molecular formula is C24H18ClF3N8O2. The van der Waals surface area contributed by atoms with Crippen LogP contribution in [0, 0.1) is 5.82 Å². The molecule has 4 aromatic rings. The molecule has 0 saturated carbocycles. The molecule has 0 aliphatic carbocycles. The second-order valence-electron chi connectivity index (χ2n) is 8.34. The van der Waals surface area contributed by atoms with Gasteiger partial charge in [-0.25, -0.2) is 28.1 Å². The number of hydrogen-bond acceptors (Lipinski definition) is 7. The number of benzene rings is 1. The molecule has 0 spiro atoms. The number of aromatic nitrogens is 6. The van der Waals surface area contributed by atoms with Gasteiger partial charge in [-0.3, -0.25) is 24.2 Å². The van der Waals surface area contributed by atoms with Crippen LogP contribution in [0.2, 0.25) is 5.02 Å². The summed E-state index contributed by atoms with van der Waals surface area (Å²) in [6.45, 7) is 0.888. The first-order chi connectivity index (χ1) is 18.3. The van der Waals surface area contributed by atoms with Crippen molar-refractivity contribution in [1.29, 1.82) is 0 Å². The molecule has 0 unspecified atom stereocenters. The van der Waals surface area contributed by atoms with Crippen molar-refractivity contribution < 1.29 is 22.8 Å². The van der Waals surface area contributed by atoms with E-state index in [1.807, 2.05) is 0 Å². The molecule has 14 heteroatoms. The van der Waals surface area contributed by atoms with Gasteiger partial charge in [-0.2, -0.15) is 5.10 Å². The van der Waals surface area contributed by atoms with Crippen molar-refractivity contribution >= 4 is 35.1 Å². The van der Waals surface area contributed by atoms with Crippen molar-refractivity contribution in [3.8, 4) is 11.3 Å². The lowest BCUT2D eigenvalue weighted by atomic mass is 10.0. The van der Waals surface area contributed by atoms with Gasteiger partial charge in [0, 0.05) is 48.2 Å². The highest BCUT2D eigenvalue weighted by atomic mass is 35.5. The number of alkyl halides is 2. The van der Waals surface area contributed by atoms with Gasteiger partial charge in [-0.1, -0.05) is 17.7 Å². The molecule has 38 heavy (non-hydrogen) atoms. The van der Waals surface area contributed by atoms with E-state index < -0.39 is 29.3 Å². The van der Waals surface area contributed by atoms with Crippen molar-refractivity contribution in [1.82, 2.24) is 29.7 Å². The van der Waals surface area contributed by atoms with Crippen LogP contribution in [-0.4, -0.2) is 48.1 Å². The van der Waals surface area contributed by atoms with Crippen LogP contribution in [0.4, 0.5) is 24.8 Å². The number of hydrogen-bond donors (Lipinski definition) is 1. The summed E-state index contributed by atoms with van der Waals surface area (Å²) in [5.74, 6) is -1.44. The van der Waals surface area contributed by atoms with Crippen molar-refractivity contribution in [3.63, 3.8) is 0 Å². The molecule has 3 aromatic heterocycles. The van der Waals surface area contributed by atoms with E-state index in [9.17, 15) is 22.8 Å². The molecule has 194 valence electrons. The standard InChI is InChI=1S/C24H18ClF3N8O2/c25-16-4-3-15(22(27)28)20(21(16)26)17-9-29-10-18(34-17)23(38)33-14-8-32-35(12-14)11-13-6-30-24(31-7-13)36-5-1-2-19(36)37/h3-4,6-10,12,22H,1-2,5,11H2,(H,33,38). The SMILES string of the molecule is O=C(Nc1cnn(Cc2cnc(N3CCCC3=O)nc2)c1)c1cncc(-c2c(C(F)F)ccc(Cl)c2F)n1. The Labute approximate surface area is 218 Å². The topological polar surface area (TPSA) is 119 Å². The van der Waals surface area contributed by atoms with Gasteiger partial charge in [0.05, 0.1) is 41.5 Å². The molecule has 1 fully saturated rings. The maximum absolute atomic E-state index is 14.6. The minimum absolute atomic E-state index is 0.00685. The van der Waals surface area contributed by atoms with Gasteiger partial charge in [0.2, 0.25) is 11.9 Å². The van der Waals surface area contributed by atoms with Crippen LogP contribution in [0.25, 0.3) is 11.3 Å². The fourth-order valence-electron chi connectivity index (χ4n) is 3.93. The van der Waals surface area contributed by atoms with Crippen LogP contribution in [-0.2, 0) is 11.3 Å². The van der Waals surface area contributed by atoms with Crippen LogP contribution in [0.1, 0.15) is 40.9 Å². The third-order valence-corrected chi connectivity index (χ3v) is 6.02. The quantitative estimate of drug-likeness (QED) is 0.370. The first-order valence-electron chi connectivity index (χ1n) is 11.3. The molecule has 0 bridgehead atoms. The average molecular weight is 543 g/mol. The number of rotatable bonds is 7. The first-order valence-corrected chi connectivity index (χ1v) is 11.7. The van der Waals surface area contributed by atoms with Gasteiger partial charge in [0.1, 0.15) is 5.69 Å². The number of halogens is 4. The van der Waals surface area contributed by atoms with Crippen molar-refractivity contribution in [2.24, 2.45) is 0 Å². The summed E-state index contributed by atoms with van der Waals surface area (Å²) in [4.78, 5) is 42.5. The van der Waals surface area contributed by atoms with Gasteiger partial charge in [-0.05, 0) is 12.5 Å². The Bertz CT molecular complexity index is 1510. The summed E-state index contributed by atoms with van der Waals surface area (Å²) in [6.07, 6.45) is 6.60. The molecular weight excluding hydrogens is 525 g/mol. The fourth-order valence-corrected chi connectivity index (χ4v) is 4.09. The van der Waals surface area contributed by atoms with Crippen LogP contribution in [0.15, 0.2) is 49.3 Å². The summed E-state index contributed by atoms with van der Waals surface area (Å²) in [7, 11) is 0. The number of nitrogens with zero attached hydrogens (tertiary/aromatic N) is 7. The lowest BCUT2D eigenvalue weighted by molar-refractivity contribution is -0.117. The molecule has 5 rings (SSSR count). The zero-order chi connectivity index (χ0) is 26.8. The number of anilines is 2. The highest BCUT2D eigenvalue weighted by Gasteiger charge is 2.24. The fraction of sp³-hybridized carbons (Fsp3) is 0.208. The van der Waals surface area contributed by atoms with Crippen LogP contribution in [0.5, 0.6) is 0 Å². The molecule has 4 heterocycles. The maximum atomic E-state index is 14.6. The van der Waals surface area contributed by atoms with E-state index in [1.165, 1.54) is 15.8 Å². The molecule has 2 amide bonds. The average Bonchev–Trinajstić information content (AvgIpc) is 3.54. The van der Waals surface area contributed by atoms with Crippen molar-refractivity contribution in [2.75, 3.05) is 16.8 Å². The lowest BCUT2D eigenvalue weighted by Crippen LogP contribution is -2.25. The predicted octanol–water partition coefficient (Wildman–Crippen LogP) is 4.29. The Morgan fingerprint density at radius 3 is 2.63 bits per heavy atom. The smallest absolute Gasteiger partial charge is 0.275 e. The highest BCUT2D eigenvalue weighted by Crippen LogP contribution is 2.35. The summed E-state index contributed by atoms with van der Waals surface area (Å²) < 4.78 is 43.1. The van der Waals surface area contributed by atoms with Crippen LogP contribution >= 0.6 is 11.6 Å². The Morgan fingerprint density at radius 2 is 1.92 bits per heavy atom. The molecule has 1 N–H and O–H groups in total. The third kappa shape index (κ3) is 5.18. The molecule has 0 atom stereocenters. The number of amides is 2. The van der Waals surface area contributed by atoms with Gasteiger partial charge >= 0.3 is 0 Å². The first kappa shape index (κ1) is 25.3. The Morgan fingerprint density at radius 1 is 1.13 bits per heavy atom. The van der Waals surface area contributed by atoms with E-state index in [0.29, 0.717) is 31.1 Å².